The average molecular weight is 478 g/mol. The van der Waals surface area contributed by atoms with E-state index in [4.69, 9.17) is 16.0 Å². The van der Waals surface area contributed by atoms with Gasteiger partial charge in [-0.3, -0.25) is 14.4 Å². The van der Waals surface area contributed by atoms with Crippen molar-refractivity contribution in [3.05, 3.63) is 98.4 Å². The fourth-order valence-corrected chi connectivity index (χ4v) is 4.98. The van der Waals surface area contributed by atoms with Crippen molar-refractivity contribution in [1.29, 1.82) is 0 Å². The van der Waals surface area contributed by atoms with Crippen molar-refractivity contribution in [2.75, 3.05) is 13.1 Å². The van der Waals surface area contributed by atoms with Crippen LogP contribution in [0.1, 0.15) is 39.9 Å². The van der Waals surface area contributed by atoms with Crippen molar-refractivity contribution in [2.24, 2.45) is 5.92 Å². The number of benzene rings is 1. The fourth-order valence-electron chi connectivity index (χ4n) is 4.85. The molecule has 8 heteroatoms. The lowest BCUT2D eigenvalue weighted by Crippen LogP contribution is -2.50. The number of furan rings is 1. The largest absolute Gasteiger partial charge is 0.462 e. The first kappa shape index (κ1) is 22.2. The van der Waals surface area contributed by atoms with Crippen LogP contribution in [0.4, 0.5) is 0 Å². The predicted octanol–water partition coefficient (Wildman–Crippen LogP) is 3.82. The van der Waals surface area contributed by atoms with Gasteiger partial charge in [-0.05, 0) is 61.7 Å². The van der Waals surface area contributed by atoms with E-state index in [1.54, 1.807) is 59.5 Å². The molecule has 0 unspecified atom stereocenters. The summed E-state index contributed by atoms with van der Waals surface area (Å²) in [4.78, 5) is 40.6. The highest BCUT2D eigenvalue weighted by Gasteiger charge is 2.37. The van der Waals surface area contributed by atoms with Crippen molar-refractivity contribution >= 4 is 29.5 Å². The first-order valence-electron chi connectivity index (χ1n) is 11.2. The van der Waals surface area contributed by atoms with Crippen molar-refractivity contribution in [1.82, 2.24) is 14.8 Å². The number of hydrogen-bond donors (Lipinski definition) is 1. The van der Waals surface area contributed by atoms with Gasteiger partial charge in [0, 0.05) is 54.0 Å². The van der Waals surface area contributed by atoms with Gasteiger partial charge in [0.05, 0.1) is 0 Å². The van der Waals surface area contributed by atoms with Crippen LogP contribution in [-0.2, 0) is 11.3 Å². The van der Waals surface area contributed by atoms with E-state index < -0.39 is 5.91 Å². The van der Waals surface area contributed by atoms with E-state index in [-0.39, 0.29) is 29.0 Å². The number of nitrogens with zero attached hydrogens (tertiary/aromatic N) is 2. The van der Waals surface area contributed by atoms with E-state index >= 15 is 0 Å². The number of rotatable bonds is 4. The Bertz CT molecular complexity index is 1340. The third-order valence-electron chi connectivity index (χ3n) is 6.40. The summed E-state index contributed by atoms with van der Waals surface area (Å²) in [6.07, 6.45) is 2.49. The molecular weight excluding hydrogens is 454 g/mol. The van der Waals surface area contributed by atoms with Gasteiger partial charge in [-0.25, -0.2) is 0 Å². The Kier molecular flexibility index (Phi) is 5.87. The Morgan fingerprint density at radius 2 is 1.85 bits per heavy atom. The molecule has 2 bridgehead atoms. The smallest absolute Gasteiger partial charge is 0.270 e. The Balaban J connectivity index is 1.43. The SMILES string of the molecule is Cc1ccc(/C=C(\NC(=O)c2ccc(Cl)cc2)C(=O)N2C[C@H]3C[C@@H](C2)c2cccc(=O)n2C3)o1. The molecule has 1 saturated heterocycles. The monoisotopic (exact) mass is 477 g/mol. The summed E-state index contributed by atoms with van der Waals surface area (Å²) in [5.41, 5.74) is 1.48. The molecule has 2 aliphatic rings. The van der Waals surface area contributed by atoms with Gasteiger partial charge in [-0.15, -0.1) is 0 Å². The van der Waals surface area contributed by atoms with Gasteiger partial charge in [-0.2, -0.15) is 0 Å². The third-order valence-corrected chi connectivity index (χ3v) is 6.65. The van der Waals surface area contributed by atoms with E-state index in [2.05, 4.69) is 5.32 Å². The van der Waals surface area contributed by atoms with Gasteiger partial charge in [0.15, 0.2) is 0 Å². The van der Waals surface area contributed by atoms with Crippen LogP contribution in [0, 0.1) is 12.8 Å². The van der Waals surface area contributed by atoms with Crippen molar-refractivity contribution in [3.8, 4) is 0 Å². The van der Waals surface area contributed by atoms with Gasteiger partial charge < -0.3 is 19.2 Å². The number of aromatic nitrogens is 1. The summed E-state index contributed by atoms with van der Waals surface area (Å²) in [6, 6.07) is 15.3. The van der Waals surface area contributed by atoms with E-state index in [0.717, 1.165) is 12.1 Å². The molecule has 3 aromatic rings. The van der Waals surface area contributed by atoms with Crippen molar-refractivity contribution in [2.45, 2.75) is 25.8 Å². The first-order chi connectivity index (χ1) is 16.4. The van der Waals surface area contributed by atoms with Crippen LogP contribution in [0.2, 0.25) is 5.02 Å². The number of piperidine rings is 1. The molecule has 5 rings (SSSR count). The second-order valence-corrected chi connectivity index (χ2v) is 9.31. The number of hydrogen-bond acceptors (Lipinski definition) is 4. The summed E-state index contributed by atoms with van der Waals surface area (Å²) < 4.78 is 7.46. The number of aryl methyl sites for hydroxylation is 1. The molecule has 2 aliphatic heterocycles. The van der Waals surface area contributed by atoms with Crippen LogP contribution in [0.25, 0.3) is 6.08 Å². The lowest BCUT2D eigenvalue weighted by atomic mass is 9.83. The molecule has 7 nitrogen and oxygen atoms in total. The molecule has 2 atom stereocenters. The van der Waals surface area contributed by atoms with Gasteiger partial charge in [0.2, 0.25) is 0 Å². The molecule has 0 radical (unpaired) electrons. The first-order valence-corrected chi connectivity index (χ1v) is 11.6. The molecule has 1 N–H and O–H groups in total. The zero-order valence-electron chi connectivity index (χ0n) is 18.7. The molecule has 2 aromatic heterocycles. The lowest BCUT2D eigenvalue weighted by molar-refractivity contribution is -0.130. The molecule has 1 fully saturated rings. The minimum atomic E-state index is -0.409. The molecule has 0 spiro atoms. The van der Waals surface area contributed by atoms with Gasteiger partial charge in [0.25, 0.3) is 17.4 Å². The summed E-state index contributed by atoms with van der Waals surface area (Å²) >= 11 is 5.94. The maximum atomic E-state index is 13.7. The van der Waals surface area contributed by atoms with Crippen LogP contribution >= 0.6 is 11.6 Å². The zero-order chi connectivity index (χ0) is 23.8. The topological polar surface area (TPSA) is 84.5 Å². The Labute approximate surface area is 201 Å². The average Bonchev–Trinajstić information content (AvgIpc) is 3.23. The highest BCUT2D eigenvalue weighted by molar-refractivity contribution is 6.30. The fraction of sp³-hybridized carbons (Fsp3) is 0.269. The van der Waals surface area contributed by atoms with Crippen LogP contribution < -0.4 is 10.9 Å². The zero-order valence-corrected chi connectivity index (χ0v) is 19.4. The van der Waals surface area contributed by atoms with Gasteiger partial charge in [0.1, 0.15) is 17.2 Å². The van der Waals surface area contributed by atoms with Crippen LogP contribution in [0.15, 0.2) is 69.5 Å². The number of fused-ring (bicyclic) bond motifs is 4. The number of nitrogens with one attached hydrogen (secondary N) is 1. The van der Waals surface area contributed by atoms with Gasteiger partial charge in [-0.1, -0.05) is 17.7 Å². The molecule has 0 aliphatic carbocycles. The number of pyridine rings is 1. The summed E-state index contributed by atoms with van der Waals surface area (Å²) in [7, 11) is 0. The van der Waals surface area contributed by atoms with E-state index in [1.807, 2.05) is 17.6 Å². The number of carbonyl (C=O) groups is 2. The molecular formula is C26H24ClN3O4. The minimum Gasteiger partial charge on any atom is -0.462 e. The highest BCUT2D eigenvalue weighted by Crippen LogP contribution is 2.35. The second kappa shape index (κ2) is 8.99. The van der Waals surface area contributed by atoms with Crippen LogP contribution in [0.3, 0.4) is 0 Å². The Morgan fingerprint density at radius 3 is 2.59 bits per heavy atom. The standard InChI is InChI=1S/C26H24ClN3O4/c1-16-5-10-21(34-16)12-22(28-25(32)18-6-8-20(27)9-7-18)26(33)29-13-17-11-19(15-29)23-3-2-4-24(31)30(23)14-17/h2-10,12,17,19H,11,13-15H2,1H3,(H,28,32)/b22-12-/t17-,19+/m1/s1. The van der Waals surface area contributed by atoms with Crippen molar-refractivity contribution < 1.29 is 14.0 Å². The van der Waals surface area contributed by atoms with E-state index in [9.17, 15) is 14.4 Å². The Morgan fingerprint density at radius 1 is 1.06 bits per heavy atom. The molecule has 4 heterocycles. The third kappa shape index (κ3) is 4.43. The van der Waals surface area contributed by atoms with E-state index in [0.29, 0.717) is 41.7 Å². The maximum absolute atomic E-state index is 13.7. The molecule has 174 valence electrons. The molecule has 34 heavy (non-hydrogen) atoms. The lowest BCUT2D eigenvalue weighted by Gasteiger charge is -2.42. The normalized spacial score (nSPS) is 19.5. The number of carbonyl (C=O) groups excluding carboxylic acids is 2. The van der Waals surface area contributed by atoms with Crippen LogP contribution in [-0.4, -0.2) is 34.4 Å². The Hall–Kier alpha value is -3.58. The molecule has 0 saturated carbocycles. The highest BCUT2D eigenvalue weighted by atomic mass is 35.5. The maximum Gasteiger partial charge on any atom is 0.270 e. The van der Waals surface area contributed by atoms with Gasteiger partial charge >= 0.3 is 0 Å². The van der Waals surface area contributed by atoms with Crippen molar-refractivity contribution in [3.63, 3.8) is 0 Å². The number of amides is 2. The minimum absolute atomic E-state index is 0.00372. The number of halogens is 1. The van der Waals surface area contributed by atoms with E-state index in [1.165, 1.54) is 0 Å². The predicted molar refractivity (Wildman–Crippen MR) is 128 cm³/mol. The summed E-state index contributed by atoms with van der Waals surface area (Å²) in [6.45, 7) is 3.39. The second-order valence-electron chi connectivity index (χ2n) is 8.88. The number of likely N-dealkylation sites (tertiary alicyclic amines) is 1. The molecule has 1 aromatic carbocycles. The van der Waals surface area contributed by atoms with Crippen LogP contribution in [0.5, 0.6) is 0 Å². The summed E-state index contributed by atoms with van der Waals surface area (Å²) in [5, 5.41) is 3.30. The molecule has 2 amide bonds. The quantitative estimate of drug-likeness (QED) is 0.579. The summed E-state index contributed by atoms with van der Waals surface area (Å²) in [5.74, 6) is 0.744.